The van der Waals surface area contributed by atoms with E-state index in [9.17, 15) is 4.79 Å². The first-order valence-electron chi connectivity index (χ1n) is 5.45. The molecule has 0 unspecified atom stereocenters. The van der Waals surface area contributed by atoms with Crippen LogP contribution in [0, 0.1) is 11.3 Å². The molecule has 1 N–H and O–H groups in total. The second-order valence-electron chi connectivity index (χ2n) is 3.80. The van der Waals surface area contributed by atoms with Gasteiger partial charge in [0, 0.05) is 32.7 Å². The minimum Gasteiger partial charge on any atom is -0.352 e. The third kappa shape index (κ3) is 4.43. The van der Waals surface area contributed by atoms with Gasteiger partial charge in [-0.1, -0.05) is 6.08 Å². The SMILES string of the molecule is C=CCNC(=O)CN1CCN(CC#N)CC1. The zero-order chi connectivity index (χ0) is 11.8. The third-order valence-electron chi connectivity index (χ3n) is 2.57. The number of carbonyl (C=O) groups is 1. The van der Waals surface area contributed by atoms with Gasteiger partial charge in [-0.25, -0.2) is 0 Å². The maximum atomic E-state index is 11.4. The number of hydrogen-bond donors (Lipinski definition) is 1. The number of nitrogens with zero attached hydrogens (tertiary/aromatic N) is 3. The fourth-order valence-corrected chi connectivity index (χ4v) is 1.65. The lowest BCUT2D eigenvalue weighted by Crippen LogP contribution is -2.49. The molecule has 88 valence electrons. The summed E-state index contributed by atoms with van der Waals surface area (Å²) < 4.78 is 0. The minimum absolute atomic E-state index is 0.0358. The topological polar surface area (TPSA) is 59.4 Å². The smallest absolute Gasteiger partial charge is 0.234 e. The standard InChI is InChI=1S/C11H18N4O/c1-2-4-13-11(16)10-15-8-6-14(5-3-12)7-9-15/h2H,1,4-10H2,(H,13,16). The normalized spacial score (nSPS) is 17.7. The Morgan fingerprint density at radius 3 is 2.56 bits per heavy atom. The number of carbonyl (C=O) groups excluding carboxylic acids is 1. The van der Waals surface area contributed by atoms with Crippen molar-refractivity contribution in [2.24, 2.45) is 0 Å². The second-order valence-corrected chi connectivity index (χ2v) is 3.80. The zero-order valence-electron chi connectivity index (χ0n) is 9.48. The van der Waals surface area contributed by atoms with E-state index in [1.165, 1.54) is 0 Å². The van der Waals surface area contributed by atoms with Crippen molar-refractivity contribution in [1.29, 1.82) is 5.26 Å². The second kappa shape index (κ2) is 6.99. The van der Waals surface area contributed by atoms with Gasteiger partial charge in [0.05, 0.1) is 19.2 Å². The lowest BCUT2D eigenvalue weighted by molar-refractivity contribution is -0.122. The highest BCUT2D eigenvalue weighted by atomic mass is 16.2. The summed E-state index contributed by atoms with van der Waals surface area (Å²) in [6.45, 7) is 8.41. The van der Waals surface area contributed by atoms with Crippen LogP contribution in [0.3, 0.4) is 0 Å². The molecule has 0 atom stereocenters. The molecule has 1 fully saturated rings. The van der Waals surface area contributed by atoms with Crippen LogP contribution in [0.1, 0.15) is 0 Å². The van der Waals surface area contributed by atoms with Crippen molar-refractivity contribution in [3.05, 3.63) is 12.7 Å². The van der Waals surface area contributed by atoms with E-state index in [1.54, 1.807) is 6.08 Å². The monoisotopic (exact) mass is 222 g/mol. The highest BCUT2D eigenvalue weighted by Gasteiger charge is 2.17. The molecule has 5 nitrogen and oxygen atoms in total. The van der Waals surface area contributed by atoms with Crippen LogP contribution in [-0.2, 0) is 4.79 Å². The van der Waals surface area contributed by atoms with Gasteiger partial charge in [0.1, 0.15) is 0 Å². The van der Waals surface area contributed by atoms with Crippen LogP contribution in [0.4, 0.5) is 0 Å². The van der Waals surface area contributed by atoms with Crippen LogP contribution in [0.5, 0.6) is 0 Å². The first-order chi connectivity index (χ1) is 7.76. The number of rotatable bonds is 5. The molecule has 1 rings (SSSR count). The van der Waals surface area contributed by atoms with Gasteiger partial charge in [0.25, 0.3) is 0 Å². The highest BCUT2D eigenvalue weighted by Crippen LogP contribution is 2.00. The van der Waals surface area contributed by atoms with E-state index in [2.05, 4.69) is 27.8 Å². The fourth-order valence-electron chi connectivity index (χ4n) is 1.65. The summed E-state index contributed by atoms with van der Waals surface area (Å²) in [5.41, 5.74) is 0. The van der Waals surface area contributed by atoms with Crippen LogP contribution >= 0.6 is 0 Å². The van der Waals surface area contributed by atoms with Gasteiger partial charge in [-0.05, 0) is 0 Å². The Morgan fingerprint density at radius 2 is 2.00 bits per heavy atom. The Kier molecular flexibility index (Phi) is 5.54. The predicted octanol–water partition coefficient (Wildman–Crippen LogP) is -0.570. The van der Waals surface area contributed by atoms with E-state index in [-0.39, 0.29) is 5.91 Å². The molecule has 0 radical (unpaired) electrons. The molecule has 0 aromatic carbocycles. The van der Waals surface area contributed by atoms with Gasteiger partial charge < -0.3 is 5.32 Å². The van der Waals surface area contributed by atoms with Crippen molar-refractivity contribution in [2.45, 2.75) is 0 Å². The third-order valence-corrected chi connectivity index (χ3v) is 2.57. The van der Waals surface area contributed by atoms with E-state index in [1.807, 2.05) is 0 Å². The molecule has 1 aliphatic rings. The average molecular weight is 222 g/mol. The summed E-state index contributed by atoms with van der Waals surface area (Å²) in [6, 6.07) is 2.14. The first kappa shape index (κ1) is 12.7. The van der Waals surface area contributed by atoms with Gasteiger partial charge in [-0.3, -0.25) is 14.6 Å². The number of nitriles is 1. The maximum absolute atomic E-state index is 11.4. The van der Waals surface area contributed by atoms with Crippen molar-refractivity contribution >= 4 is 5.91 Å². The largest absolute Gasteiger partial charge is 0.352 e. The van der Waals surface area contributed by atoms with Gasteiger partial charge in [0.15, 0.2) is 0 Å². The molecule has 0 saturated carbocycles. The van der Waals surface area contributed by atoms with E-state index < -0.39 is 0 Å². The van der Waals surface area contributed by atoms with Gasteiger partial charge in [-0.2, -0.15) is 5.26 Å². The summed E-state index contributed by atoms with van der Waals surface area (Å²) >= 11 is 0. The van der Waals surface area contributed by atoms with Crippen LogP contribution < -0.4 is 5.32 Å². The lowest BCUT2D eigenvalue weighted by atomic mass is 10.3. The summed E-state index contributed by atoms with van der Waals surface area (Å²) in [4.78, 5) is 15.6. The lowest BCUT2D eigenvalue weighted by Gasteiger charge is -2.32. The molecule has 5 heteroatoms. The molecule has 1 heterocycles. The van der Waals surface area contributed by atoms with Crippen molar-refractivity contribution < 1.29 is 4.79 Å². The van der Waals surface area contributed by atoms with E-state index in [4.69, 9.17) is 5.26 Å². The van der Waals surface area contributed by atoms with Gasteiger partial charge >= 0.3 is 0 Å². The predicted molar refractivity (Wildman–Crippen MR) is 61.7 cm³/mol. The molecule has 1 aliphatic heterocycles. The first-order valence-corrected chi connectivity index (χ1v) is 5.45. The number of amides is 1. The summed E-state index contributed by atoms with van der Waals surface area (Å²) in [5.74, 6) is 0.0358. The number of nitrogens with one attached hydrogen (secondary N) is 1. The molecule has 0 aromatic heterocycles. The number of hydrogen-bond acceptors (Lipinski definition) is 4. The van der Waals surface area contributed by atoms with Crippen LogP contribution in [-0.4, -0.2) is 61.5 Å². The Balaban J connectivity index is 2.19. The van der Waals surface area contributed by atoms with Crippen LogP contribution in [0.25, 0.3) is 0 Å². The summed E-state index contributed by atoms with van der Waals surface area (Å²) in [6.07, 6.45) is 1.67. The molecule has 0 aromatic rings. The number of piperazine rings is 1. The molecule has 0 bridgehead atoms. The Bertz CT molecular complexity index is 276. The molecular formula is C11H18N4O. The average Bonchev–Trinajstić information content (AvgIpc) is 2.29. The molecule has 16 heavy (non-hydrogen) atoms. The highest BCUT2D eigenvalue weighted by molar-refractivity contribution is 5.78. The molecule has 1 saturated heterocycles. The zero-order valence-corrected chi connectivity index (χ0v) is 9.48. The molecular weight excluding hydrogens is 204 g/mol. The van der Waals surface area contributed by atoms with Gasteiger partial charge in [0.2, 0.25) is 5.91 Å². The van der Waals surface area contributed by atoms with Crippen molar-refractivity contribution in [2.75, 3.05) is 45.8 Å². The van der Waals surface area contributed by atoms with Crippen LogP contribution in [0.15, 0.2) is 12.7 Å². The van der Waals surface area contributed by atoms with Crippen molar-refractivity contribution in [3.63, 3.8) is 0 Å². The van der Waals surface area contributed by atoms with E-state index in [0.717, 1.165) is 26.2 Å². The van der Waals surface area contributed by atoms with Crippen LogP contribution in [0.2, 0.25) is 0 Å². The molecule has 1 amide bonds. The minimum atomic E-state index is 0.0358. The molecule has 0 aliphatic carbocycles. The van der Waals surface area contributed by atoms with E-state index >= 15 is 0 Å². The summed E-state index contributed by atoms with van der Waals surface area (Å²) in [5, 5.41) is 11.3. The Hall–Kier alpha value is -1.38. The quantitative estimate of drug-likeness (QED) is 0.500. The van der Waals surface area contributed by atoms with Gasteiger partial charge in [-0.15, -0.1) is 6.58 Å². The molecule has 0 spiro atoms. The fraction of sp³-hybridized carbons (Fsp3) is 0.636. The Morgan fingerprint density at radius 1 is 1.38 bits per heavy atom. The Labute approximate surface area is 96.3 Å². The maximum Gasteiger partial charge on any atom is 0.234 e. The van der Waals surface area contributed by atoms with Crippen molar-refractivity contribution in [1.82, 2.24) is 15.1 Å². The van der Waals surface area contributed by atoms with E-state index in [0.29, 0.717) is 19.6 Å². The van der Waals surface area contributed by atoms with Crippen molar-refractivity contribution in [3.8, 4) is 6.07 Å². The summed E-state index contributed by atoms with van der Waals surface area (Å²) in [7, 11) is 0.